The number of aromatic carboxylic acids is 1. The maximum absolute atomic E-state index is 11.7. The summed E-state index contributed by atoms with van der Waals surface area (Å²) in [7, 11) is 0. The second kappa shape index (κ2) is 5.34. The summed E-state index contributed by atoms with van der Waals surface area (Å²) in [6, 6.07) is 0.823. The molecule has 3 N–H and O–H groups in total. The van der Waals surface area contributed by atoms with Crippen LogP contribution in [0, 0.1) is 17.0 Å². The summed E-state index contributed by atoms with van der Waals surface area (Å²) >= 11 is 0. The molecule has 0 aliphatic heterocycles. The quantitative estimate of drug-likeness (QED) is 0.364. The molecule has 0 aromatic heterocycles. The third-order valence-corrected chi connectivity index (χ3v) is 2.51. The van der Waals surface area contributed by atoms with Gasteiger partial charge in [-0.05, 0) is 19.4 Å². The number of ether oxygens (including phenoxy) is 1. The Morgan fingerprint density at radius 1 is 1.53 bits per heavy atom. The van der Waals surface area contributed by atoms with E-state index < -0.39 is 22.5 Å². The molecule has 0 aliphatic carbocycles. The van der Waals surface area contributed by atoms with Gasteiger partial charge in [0.25, 0.3) is 5.69 Å². The van der Waals surface area contributed by atoms with E-state index in [0.717, 1.165) is 6.07 Å². The smallest absolute Gasteiger partial charge is 0.339 e. The SMILES string of the molecule is CCOC(=O)c1cc([N+](=O)[O-])c(N)c(C)c1C(=O)O. The molecule has 1 rings (SSSR count). The van der Waals surface area contributed by atoms with Crippen molar-refractivity contribution in [1.82, 2.24) is 0 Å². The van der Waals surface area contributed by atoms with Crippen LogP contribution in [0.15, 0.2) is 6.07 Å². The van der Waals surface area contributed by atoms with E-state index in [1.54, 1.807) is 0 Å². The lowest BCUT2D eigenvalue weighted by Gasteiger charge is -2.10. The van der Waals surface area contributed by atoms with Gasteiger partial charge in [-0.2, -0.15) is 0 Å². The van der Waals surface area contributed by atoms with Gasteiger partial charge in [-0.1, -0.05) is 0 Å². The molecule has 0 saturated heterocycles. The van der Waals surface area contributed by atoms with Gasteiger partial charge in [-0.3, -0.25) is 10.1 Å². The number of rotatable bonds is 4. The van der Waals surface area contributed by atoms with Crippen LogP contribution in [0.1, 0.15) is 33.2 Å². The standard InChI is InChI=1S/C11H12N2O6/c1-3-19-11(16)6-4-7(13(17)18)9(12)5(2)8(6)10(14)15/h4H,3,12H2,1-2H3,(H,14,15). The van der Waals surface area contributed by atoms with Crippen molar-refractivity contribution in [2.45, 2.75) is 13.8 Å². The van der Waals surface area contributed by atoms with Crippen molar-refractivity contribution in [2.75, 3.05) is 12.3 Å². The molecule has 0 aliphatic rings. The number of esters is 1. The lowest BCUT2D eigenvalue weighted by molar-refractivity contribution is -0.384. The molecule has 8 nitrogen and oxygen atoms in total. The second-order valence-electron chi connectivity index (χ2n) is 3.64. The van der Waals surface area contributed by atoms with E-state index in [0.29, 0.717) is 0 Å². The van der Waals surface area contributed by atoms with Gasteiger partial charge < -0.3 is 15.6 Å². The van der Waals surface area contributed by atoms with Gasteiger partial charge in [0.1, 0.15) is 5.69 Å². The number of carbonyl (C=O) groups is 2. The predicted octanol–water partition coefficient (Wildman–Crippen LogP) is 1.36. The van der Waals surface area contributed by atoms with Crippen LogP contribution in [0.4, 0.5) is 11.4 Å². The third kappa shape index (κ3) is 2.62. The molecule has 0 heterocycles. The number of hydrogen-bond donors (Lipinski definition) is 2. The Kier molecular flexibility index (Phi) is 4.05. The highest BCUT2D eigenvalue weighted by Crippen LogP contribution is 2.31. The van der Waals surface area contributed by atoms with Gasteiger partial charge in [0.05, 0.1) is 22.7 Å². The summed E-state index contributed by atoms with van der Waals surface area (Å²) in [5.41, 5.74) is 3.90. The Hall–Kier alpha value is -2.64. The summed E-state index contributed by atoms with van der Waals surface area (Å²) in [6.07, 6.45) is 0. The van der Waals surface area contributed by atoms with E-state index in [2.05, 4.69) is 4.74 Å². The van der Waals surface area contributed by atoms with Crippen molar-refractivity contribution in [3.8, 4) is 0 Å². The summed E-state index contributed by atoms with van der Waals surface area (Å²) in [5.74, 6) is -2.34. The van der Waals surface area contributed by atoms with Crippen LogP contribution in [0.3, 0.4) is 0 Å². The van der Waals surface area contributed by atoms with Crippen molar-refractivity contribution in [3.05, 3.63) is 32.9 Å². The fourth-order valence-corrected chi connectivity index (χ4v) is 1.61. The number of nitro groups is 1. The third-order valence-electron chi connectivity index (χ3n) is 2.51. The van der Waals surface area contributed by atoms with Gasteiger partial charge in [0.15, 0.2) is 0 Å². The zero-order valence-electron chi connectivity index (χ0n) is 10.3. The monoisotopic (exact) mass is 268 g/mol. The zero-order chi connectivity index (χ0) is 14.7. The Balaban J connectivity index is 3.63. The lowest BCUT2D eigenvalue weighted by Crippen LogP contribution is -2.15. The number of carboxylic acid groups (broad SMARTS) is 1. The van der Waals surface area contributed by atoms with Gasteiger partial charge in [-0.25, -0.2) is 9.59 Å². The number of nitrogen functional groups attached to an aromatic ring is 1. The molecule has 0 spiro atoms. The molecule has 0 saturated carbocycles. The van der Waals surface area contributed by atoms with Crippen LogP contribution in [0.5, 0.6) is 0 Å². The van der Waals surface area contributed by atoms with Crippen LogP contribution in [-0.4, -0.2) is 28.6 Å². The number of carbonyl (C=O) groups excluding carboxylic acids is 1. The highest BCUT2D eigenvalue weighted by atomic mass is 16.6. The fraction of sp³-hybridized carbons (Fsp3) is 0.273. The van der Waals surface area contributed by atoms with E-state index in [1.807, 2.05) is 0 Å². The Morgan fingerprint density at radius 2 is 2.11 bits per heavy atom. The first-order valence-electron chi connectivity index (χ1n) is 5.29. The maximum Gasteiger partial charge on any atom is 0.339 e. The topological polar surface area (TPSA) is 133 Å². The Bertz CT molecular complexity index is 567. The number of nitrogens with zero attached hydrogens (tertiary/aromatic N) is 1. The van der Waals surface area contributed by atoms with Crippen LogP contribution in [-0.2, 0) is 4.74 Å². The van der Waals surface area contributed by atoms with Gasteiger partial charge >= 0.3 is 11.9 Å². The molecule has 102 valence electrons. The number of nitro benzene ring substituents is 1. The van der Waals surface area contributed by atoms with Gasteiger partial charge in [0.2, 0.25) is 0 Å². The molecule has 1 aromatic carbocycles. The summed E-state index contributed by atoms with van der Waals surface area (Å²) in [4.78, 5) is 32.8. The molecule has 0 radical (unpaired) electrons. The van der Waals surface area contributed by atoms with Crippen molar-refractivity contribution in [1.29, 1.82) is 0 Å². The van der Waals surface area contributed by atoms with Crippen LogP contribution < -0.4 is 5.73 Å². The Labute approximate surface area is 107 Å². The molecule has 0 unspecified atom stereocenters. The van der Waals surface area contributed by atoms with Gasteiger partial charge in [0, 0.05) is 6.07 Å². The van der Waals surface area contributed by atoms with Crippen molar-refractivity contribution < 1.29 is 24.4 Å². The fourth-order valence-electron chi connectivity index (χ4n) is 1.61. The molecular formula is C11H12N2O6. The average molecular weight is 268 g/mol. The number of anilines is 1. The first-order chi connectivity index (χ1) is 8.81. The zero-order valence-corrected chi connectivity index (χ0v) is 10.3. The van der Waals surface area contributed by atoms with Crippen molar-refractivity contribution in [2.24, 2.45) is 0 Å². The molecule has 1 aromatic rings. The molecule has 0 bridgehead atoms. The van der Waals surface area contributed by atoms with Crippen molar-refractivity contribution >= 4 is 23.3 Å². The van der Waals surface area contributed by atoms with E-state index in [1.165, 1.54) is 13.8 Å². The molecule has 19 heavy (non-hydrogen) atoms. The molecule has 0 amide bonds. The number of carboxylic acids is 1. The summed E-state index contributed by atoms with van der Waals surface area (Å²) in [6.45, 7) is 2.86. The summed E-state index contributed by atoms with van der Waals surface area (Å²) in [5, 5.41) is 19.9. The van der Waals surface area contributed by atoms with E-state index in [-0.39, 0.29) is 29.0 Å². The minimum Gasteiger partial charge on any atom is -0.478 e. The normalized spacial score (nSPS) is 10.0. The number of nitrogens with two attached hydrogens (primary N) is 1. The van der Waals surface area contributed by atoms with Gasteiger partial charge in [-0.15, -0.1) is 0 Å². The van der Waals surface area contributed by atoms with Crippen LogP contribution in [0.2, 0.25) is 0 Å². The maximum atomic E-state index is 11.7. The Morgan fingerprint density at radius 3 is 2.53 bits per heavy atom. The molecule has 0 fully saturated rings. The predicted molar refractivity (Wildman–Crippen MR) is 65.2 cm³/mol. The first-order valence-corrected chi connectivity index (χ1v) is 5.29. The van der Waals surface area contributed by atoms with Crippen molar-refractivity contribution in [3.63, 3.8) is 0 Å². The highest BCUT2D eigenvalue weighted by molar-refractivity contribution is 6.05. The number of benzene rings is 1. The average Bonchev–Trinajstić information content (AvgIpc) is 2.31. The second-order valence-corrected chi connectivity index (χ2v) is 3.64. The van der Waals surface area contributed by atoms with E-state index in [4.69, 9.17) is 10.8 Å². The minimum atomic E-state index is -1.40. The van der Waals surface area contributed by atoms with Crippen LogP contribution >= 0.6 is 0 Å². The van der Waals surface area contributed by atoms with E-state index in [9.17, 15) is 19.7 Å². The highest BCUT2D eigenvalue weighted by Gasteiger charge is 2.27. The lowest BCUT2D eigenvalue weighted by atomic mass is 9.99. The first kappa shape index (κ1) is 14.4. The largest absolute Gasteiger partial charge is 0.478 e. The molecule has 0 atom stereocenters. The molecular weight excluding hydrogens is 256 g/mol. The molecule has 8 heteroatoms. The number of hydrogen-bond acceptors (Lipinski definition) is 6. The summed E-state index contributed by atoms with van der Waals surface area (Å²) < 4.78 is 4.68. The minimum absolute atomic E-state index is 0.0229. The van der Waals surface area contributed by atoms with E-state index >= 15 is 0 Å². The van der Waals surface area contributed by atoms with Crippen LogP contribution in [0.25, 0.3) is 0 Å².